The SMILES string of the molecule is O=C(CC1CCN(c2ccc3nnc(C(F)(F)F)n3n2)CC1)N1CCSCC1. The van der Waals surface area contributed by atoms with Gasteiger partial charge in [-0.25, -0.2) is 0 Å². The van der Waals surface area contributed by atoms with Gasteiger partial charge in [-0.2, -0.15) is 29.4 Å². The number of alkyl halides is 3. The lowest BCUT2D eigenvalue weighted by Gasteiger charge is -2.34. The van der Waals surface area contributed by atoms with E-state index in [4.69, 9.17) is 0 Å². The molecule has 0 atom stereocenters. The molecular formula is C17H21F3N6OS. The van der Waals surface area contributed by atoms with E-state index >= 15 is 0 Å². The molecule has 7 nitrogen and oxygen atoms in total. The predicted molar refractivity (Wildman–Crippen MR) is 99.2 cm³/mol. The Bertz CT molecular complexity index is 843. The van der Waals surface area contributed by atoms with Crippen molar-refractivity contribution in [2.24, 2.45) is 5.92 Å². The maximum absolute atomic E-state index is 13.0. The van der Waals surface area contributed by atoms with Crippen LogP contribution in [0.3, 0.4) is 0 Å². The van der Waals surface area contributed by atoms with E-state index in [1.54, 1.807) is 6.07 Å². The van der Waals surface area contributed by atoms with Gasteiger partial charge in [0.05, 0.1) is 0 Å². The van der Waals surface area contributed by atoms with E-state index in [1.165, 1.54) is 6.07 Å². The van der Waals surface area contributed by atoms with Crippen molar-refractivity contribution in [3.05, 3.63) is 18.0 Å². The number of amides is 1. The molecule has 2 aromatic heterocycles. The van der Waals surface area contributed by atoms with Crippen LogP contribution < -0.4 is 4.90 Å². The Morgan fingerprint density at radius 2 is 1.82 bits per heavy atom. The summed E-state index contributed by atoms with van der Waals surface area (Å²) in [7, 11) is 0. The molecule has 11 heteroatoms. The first-order valence-electron chi connectivity index (χ1n) is 9.32. The molecular weight excluding hydrogens is 393 g/mol. The van der Waals surface area contributed by atoms with Gasteiger partial charge in [0.15, 0.2) is 5.65 Å². The molecule has 2 fully saturated rings. The molecule has 2 saturated heterocycles. The highest BCUT2D eigenvalue weighted by Crippen LogP contribution is 2.29. The average molecular weight is 414 g/mol. The van der Waals surface area contributed by atoms with Crippen molar-refractivity contribution in [2.45, 2.75) is 25.4 Å². The Morgan fingerprint density at radius 1 is 1.11 bits per heavy atom. The maximum Gasteiger partial charge on any atom is 0.453 e. The van der Waals surface area contributed by atoms with Gasteiger partial charge in [-0.3, -0.25) is 4.79 Å². The van der Waals surface area contributed by atoms with E-state index in [9.17, 15) is 18.0 Å². The van der Waals surface area contributed by atoms with Gasteiger partial charge in [0.1, 0.15) is 5.82 Å². The van der Waals surface area contributed by atoms with Gasteiger partial charge in [0.2, 0.25) is 5.91 Å². The minimum absolute atomic E-state index is 0.0660. The molecule has 0 aliphatic carbocycles. The lowest BCUT2D eigenvalue weighted by molar-refractivity contribution is -0.146. The minimum atomic E-state index is -4.61. The molecule has 2 aromatic rings. The summed E-state index contributed by atoms with van der Waals surface area (Å²) >= 11 is 1.88. The van der Waals surface area contributed by atoms with Crippen LogP contribution >= 0.6 is 11.8 Å². The number of carbonyl (C=O) groups excluding carboxylic acids is 1. The van der Waals surface area contributed by atoms with E-state index in [-0.39, 0.29) is 11.6 Å². The number of hydrogen-bond acceptors (Lipinski definition) is 6. The number of anilines is 1. The quantitative estimate of drug-likeness (QED) is 0.768. The number of carbonyl (C=O) groups is 1. The van der Waals surface area contributed by atoms with Gasteiger partial charge in [0.25, 0.3) is 5.82 Å². The number of piperidine rings is 1. The number of nitrogens with zero attached hydrogens (tertiary/aromatic N) is 6. The van der Waals surface area contributed by atoms with E-state index in [2.05, 4.69) is 15.3 Å². The fourth-order valence-electron chi connectivity index (χ4n) is 3.68. The first-order chi connectivity index (χ1) is 13.4. The monoisotopic (exact) mass is 414 g/mol. The number of thioether (sulfide) groups is 1. The second-order valence-corrected chi connectivity index (χ2v) is 8.34. The van der Waals surface area contributed by atoms with Crippen molar-refractivity contribution >= 4 is 29.1 Å². The van der Waals surface area contributed by atoms with Crippen LogP contribution in [0.1, 0.15) is 25.1 Å². The molecule has 4 rings (SSSR count). The van der Waals surface area contributed by atoms with Gasteiger partial charge in [-0.15, -0.1) is 15.3 Å². The van der Waals surface area contributed by atoms with E-state index in [1.807, 2.05) is 21.6 Å². The highest BCUT2D eigenvalue weighted by atomic mass is 32.2. The van der Waals surface area contributed by atoms with Crippen molar-refractivity contribution in [2.75, 3.05) is 42.6 Å². The smallest absolute Gasteiger partial charge is 0.355 e. The molecule has 0 aromatic carbocycles. The molecule has 4 heterocycles. The standard InChI is InChI=1S/C17H21F3N6OS/c18-17(19,20)16-22-21-13-1-2-14(23-26(13)16)24-5-3-12(4-6-24)11-15(27)25-7-9-28-10-8-25/h1-2,12H,3-11H2. The molecule has 0 bridgehead atoms. The normalized spacial score (nSPS) is 19.4. The Morgan fingerprint density at radius 3 is 2.50 bits per heavy atom. The zero-order valence-corrected chi connectivity index (χ0v) is 16.0. The van der Waals surface area contributed by atoms with Gasteiger partial charge >= 0.3 is 6.18 Å². The minimum Gasteiger partial charge on any atom is -0.355 e. The van der Waals surface area contributed by atoms with Crippen molar-refractivity contribution in [3.63, 3.8) is 0 Å². The van der Waals surface area contributed by atoms with Crippen LogP contribution in [-0.2, 0) is 11.0 Å². The van der Waals surface area contributed by atoms with Crippen LogP contribution in [0.15, 0.2) is 12.1 Å². The fraction of sp³-hybridized carbons (Fsp3) is 0.647. The van der Waals surface area contributed by atoms with Crippen LogP contribution in [0.5, 0.6) is 0 Å². The summed E-state index contributed by atoms with van der Waals surface area (Å²) in [5, 5.41) is 10.8. The second-order valence-electron chi connectivity index (χ2n) is 7.11. The van der Waals surface area contributed by atoms with Crippen LogP contribution in [-0.4, -0.2) is 68.3 Å². The molecule has 0 N–H and O–H groups in total. The van der Waals surface area contributed by atoms with Crippen molar-refractivity contribution in [1.82, 2.24) is 24.7 Å². The Hall–Kier alpha value is -2.04. The molecule has 0 spiro atoms. The highest BCUT2D eigenvalue weighted by Gasteiger charge is 2.38. The molecule has 2 aliphatic heterocycles. The molecule has 1 amide bonds. The summed E-state index contributed by atoms with van der Waals surface area (Å²) in [6, 6.07) is 3.16. The second kappa shape index (κ2) is 7.76. The van der Waals surface area contributed by atoms with E-state index in [0.29, 0.717) is 31.2 Å². The number of hydrogen-bond donors (Lipinski definition) is 0. The largest absolute Gasteiger partial charge is 0.453 e. The topological polar surface area (TPSA) is 66.6 Å². The number of rotatable bonds is 3. The molecule has 152 valence electrons. The van der Waals surface area contributed by atoms with Gasteiger partial charge in [-0.1, -0.05) is 0 Å². The Labute approximate surface area is 164 Å². The third-order valence-corrected chi connectivity index (χ3v) is 6.21. The zero-order valence-electron chi connectivity index (χ0n) is 15.2. The van der Waals surface area contributed by atoms with Crippen LogP contribution in [0.25, 0.3) is 5.65 Å². The number of halogens is 3. The van der Waals surface area contributed by atoms with Crippen LogP contribution in [0.2, 0.25) is 0 Å². The lowest BCUT2D eigenvalue weighted by Crippen LogP contribution is -2.40. The summed E-state index contributed by atoms with van der Waals surface area (Å²) in [5.74, 6) is 1.88. The van der Waals surface area contributed by atoms with Crippen LogP contribution in [0.4, 0.5) is 19.0 Å². The highest BCUT2D eigenvalue weighted by molar-refractivity contribution is 7.99. The Kier molecular flexibility index (Phi) is 5.35. The van der Waals surface area contributed by atoms with Gasteiger partial charge in [-0.05, 0) is 30.9 Å². The van der Waals surface area contributed by atoms with Crippen molar-refractivity contribution < 1.29 is 18.0 Å². The molecule has 0 unspecified atom stereocenters. The predicted octanol–water partition coefficient (Wildman–Crippen LogP) is 2.33. The summed E-state index contributed by atoms with van der Waals surface area (Å²) in [5.41, 5.74) is 0.0660. The first-order valence-corrected chi connectivity index (χ1v) is 10.5. The molecule has 28 heavy (non-hydrogen) atoms. The molecule has 0 radical (unpaired) electrons. The van der Waals surface area contributed by atoms with Gasteiger partial charge in [0, 0.05) is 44.1 Å². The summed E-state index contributed by atoms with van der Waals surface area (Å²) in [4.78, 5) is 16.3. The van der Waals surface area contributed by atoms with Crippen molar-refractivity contribution in [3.8, 4) is 0 Å². The van der Waals surface area contributed by atoms with Crippen LogP contribution in [0, 0.1) is 5.92 Å². The van der Waals surface area contributed by atoms with E-state index in [0.717, 1.165) is 42.0 Å². The number of aromatic nitrogens is 4. The summed E-state index contributed by atoms with van der Waals surface area (Å²) in [6.45, 7) is 2.98. The maximum atomic E-state index is 13.0. The fourth-order valence-corrected chi connectivity index (χ4v) is 4.58. The Balaban J connectivity index is 1.39. The molecule has 0 saturated carbocycles. The number of fused-ring (bicyclic) bond motifs is 1. The molecule has 2 aliphatic rings. The van der Waals surface area contributed by atoms with E-state index < -0.39 is 12.0 Å². The van der Waals surface area contributed by atoms with Crippen molar-refractivity contribution in [1.29, 1.82) is 0 Å². The first kappa shape index (κ1) is 19.3. The third-order valence-electron chi connectivity index (χ3n) is 5.27. The summed E-state index contributed by atoms with van der Waals surface area (Å²) in [6.07, 6.45) is -2.41. The average Bonchev–Trinajstić information content (AvgIpc) is 3.13. The van der Waals surface area contributed by atoms with Gasteiger partial charge < -0.3 is 9.80 Å². The lowest BCUT2D eigenvalue weighted by atomic mass is 9.93. The summed E-state index contributed by atoms with van der Waals surface area (Å²) < 4.78 is 39.9. The third kappa shape index (κ3) is 4.03. The zero-order chi connectivity index (χ0) is 19.7.